The van der Waals surface area contributed by atoms with Gasteiger partial charge in [0.1, 0.15) is 5.75 Å². The molecular weight excluding hydrogens is 517 g/mol. The maximum absolute atomic E-state index is 12.7. The summed E-state index contributed by atoms with van der Waals surface area (Å²) in [6.45, 7) is 0.111. The van der Waals surface area contributed by atoms with Crippen molar-refractivity contribution in [2.75, 3.05) is 20.4 Å². The van der Waals surface area contributed by atoms with Crippen LogP contribution in [0.3, 0.4) is 0 Å². The highest BCUT2D eigenvalue weighted by molar-refractivity contribution is 14.0. The number of hydrogen-bond acceptors (Lipinski definition) is 6. The van der Waals surface area contributed by atoms with E-state index in [2.05, 4.69) is 32.3 Å². The van der Waals surface area contributed by atoms with Gasteiger partial charge in [-0.25, -0.2) is 4.98 Å². The molecule has 0 amide bonds. The molecule has 0 spiro atoms. The molecule has 7 nitrogen and oxygen atoms in total. The number of ether oxygens (including phenoxy) is 3. The lowest BCUT2D eigenvalue weighted by molar-refractivity contribution is -0.0505. The van der Waals surface area contributed by atoms with E-state index in [9.17, 15) is 8.78 Å². The van der Waals surface area contributed by atoms with E-state index in [1.54, 1.807) is 24.5 Å². The monoisotopic (exact) mass is 540 g/mol. The number of rotatable bonds is 8. The van der Waals surface area contributed by atoms with Gasteiger partial charge in [0.25, 0.3) is 0 Å². The number of aryl methyl sites for hydroxylation is 1. The number of benzene rings is 1. The number of alkyl halides is 2. The zero-order valence-corrected chi connectivity index (χ0v) is 19.2. The molecule has 0 unspecified atom stereocenters. The lowest BCUT2D eigenvalue weighted by Gasteiger charge is -2.15. The second kappa shape index (κ2) is 11.3. The largest absolute Gasteiger partial charge is 0.454 e. The average Bonchev–Trinajstić information content (AvgIpc) is 3.32. The van der Waals surface area contributed by atoms with E-state index in [1.165, 1.54) is 10.9 Å². The van der Waals surface area contributed by atoms with Gasteiger partial charge in [0.05, 0.1) is 5.01 Å². The summed E-state index contributed by atoms with van der Waals surface area (Å²) >= 11 is 1.70. The predicted octanol–water partition coefficient (Wildman–Crippen LogP) is 3.56. The Labute approximate surface area is 188 Å². The first kappa shape index (κ1) is 23.4. The molecule has 2 N–H and O–H groups in total. The Bertz CT molecular complexity index is 835. The summed E-state index contributed by atoms with van der Waals surface area (Å²) in [4.78, 5) is 9.79. The fourth-order valence-electron chi connectivity index (χ4n) is 2.62. The highest BCUT2D eigenvalue weighted by Gasteiger charge is 2.20. The van der Waals surface area contributed by atoms with E-state index in [4.69, 9.17) is 9.47 Å². The van der Waals surface area contributed by atoms with Gasteiger partial charge in [-0.3, -0.25) is 4.99 Å². The second-order valence-corrected chi connectivity index (χ2v) is 7.07. The van der Waals surface area contributed by atoms with Gasteiger partial charge in [0, 0.05) is 49.3 Å². The summed E-state index contributed by atoms with van der Waals surface area (Å²) < 4.78 is 40.6. The molecule has 160 valence electrons. The maximum atomic E-state index is 12.7. The minimum atomic E-state index is -2.93. The van der Waals surface area contributed by atoms with Crippen LogP contribution in [0.2, 0.25) is 0 Å². The number of hydrogen-bond donors (Lipinski definition) is 2. The topological polar surface area (TPSA) is 77.0 Å². The van der Waals surface area contributed by atoms with Crippen LogP contribution in [0.1, 0.15) is 22.4 Å². The quantitative estimate of drug-likeness (QED) is 0.303. The first-order chi connectivity index (χ1) is 13.6. The number of nitrogens with zero attached hydrogens (tertiary/aromatic N) is 2. The van der Waals surface area contributed by atoms with Crippen LogP contribution in [0, 0.1) is 0 Å². The summed E-state index contributed by atoms with van der Waals surface area (Å²) in [5, 5.41) is 7.34. The Morgan fingerprint density at radius 2 is 2.07 bits per heavy atom. The first-order valence-corrected chi connectivity index (χ1v) is 9.66. The molecule has 1 aromatic heterocycles. The SMILES string of the molecule is CCc1cnc(CCNC(=NC)NCc2cc3c(cc2OC(F)F)OCO3)s1.I. The summed E-state index contributed by atoms with van der Waals surface area (Å²) in [5.41, 5.74) is 0.514. The van der Waals surface area contributed by atoms with E-state index < -0.39 is 6.61 Å². The average molecular weight is 540 g/mol. The van der Waals surface area contributed by atoms with Gasteiger partial charge in [-0.15, -0.1) is 35.3 Å². The minimum Gasteiger partial charge on any atom is -0.454 e. The maximum Gasteiger partial charge on any atom is 0.387 e. The molecule has 0 aliphatic carbocycles. The molecule has 11 heteroatoms. The lowest BCUT2D eigenvalue weighted by Crippen LogP contribution is -2.37. The Morgan fingerprint density at radius 3 is 2.72 bits per heavy atom. The molecule has 0 radical (unpaired) electrons. The Morgan fingerprint density at radius 1 is 1.31 bits per heavy atom. The van der Waals surface area contributed by atoms with Crippen LogP contribution in [-0.4, -0.2) is 37.9 Å². The van der Waals surface area contributed by atoms with Crippen molar-refractivity contribution in [1.82, 2.24) is 15.6 Å². The van der Waals surface area contributed by atoms with Gasteiger partial charge in [0.2, 0.25) is 6.79 Å². The van der Waals surface area contributed by atoms with Crippen molar-refractivity contribution in [3.05, 3.63) is 33.8 Å². The van der Waals surface area contributed by atoms with Gasteiger partial charge in [0.15, 0.2) is 17.5 Å². The van der Waals surface area contributed by atoms with Crippen molar-refractivity contribution >= 4 is 41.3 Å². The Hall–Kier alpha value is -1.89. The number of fused-ring (bicyclic) bond motifs is 1. The van der Waals surface area contributed by atoms with Crippen molar-refractivity contribution in [3.8, 4) is 17.2 Å². The molecule has 0 atom stereocenters. The Kier molecular flexibility index (Phi) is 9.14. The second-order valence-electron chi connectivity index (χ2n) is 5.87. The molecule has 3 rings (SSSR count). The molecule has 0 fully saturated rings. The molecule has 1 aromatic carbocycles. The smallest absolute Gasteiger partial charge is 0.387 e. The molecule has 2 heterocycles. The fourth-order valence-corrected chi connectivity index (χ4v) is 3.49. The van der Waals surface area contributed by atoms with Crippen molar-refractivity contribution in [3.63, 3.8) is 0 Å². The molecular formula is C18H23F2IN4O3S. The number of aromatic nitrogens is 1. The van der Waals surface area contributed by atoms with Crippen LogP contribution >= 0.6 is 35.3 Å². The van der Waals surface area contributed by atoms with Gasteiger partial charge in [-0.1, -0.05) is 6.92 Å². The zero-order chi connectivity index (χ0) is 19.9. The van der Waals surface area contributed by atoms with E-state index in [1.807, 2.05) is 6.20 Å². The van der Waals surface area contributed by atoms with Crippen LogP contribution in [0.25, 0.3) is 0 Å². The molecule has 1 aliphatic rings. The summed E-state index contributed by atoms with van der Waals surface area (Å²) in [6, 6.07) is 3.04. The zero-order valence-electron chi connectivity index (χ0n) is 16.0. The highest BCUT2D eigenvalue weighted by Crippen LogP contribution is 2.38. The molecule has 0 saturated carbocycles. The van der Waals surface area contributed by atoms with Gasteiger partial charge in [-0.2, -0.15) is 8.78 Å². The summed E-state index contributed by atoms with van der Waals surface area (Å²) in [7, 11) is 1.64. The van der Waals surface area contributed by atoms with Crippen molar-refractivity contribution in [2.45, 2.75) is 32.9 Å². The first-order valence-electron chi connectivity index (χ1n) is 8.84. The van der Waals surface area contributed by atoms with E-state index in [0.717, 1.165) is 17.8 Å². The molecule has 29 heavy (non-hydrogen) atoms. The van der Waals surface area contributed by atoms with Crippen LogP contribution in [-0.2, 0) is 19.4 Å². The van der Waals surface area contributed by atoms with Crippen LogP contribution in [0.5, 0.6) is 17.2 Å². The fraction of sp³-hybridized carbons (Fsp3) is 0.444. The van der Waals surface area contributed by atoms with E-state index >= 15 is 0 Å². The third-order valence-electron chi connectivity index (χ3n) is 4.02. The molecule has 0 saturated heterocycles. The molecule has 1 aliphatic heterocycles. The van der Waals surface area contributed by atoms with Gasteiger partial charge >= 0.3 is 6.61 Å². The summed E-state index contributed by atoms with van der Waals surface area (Å²) in [5.74, 6) is 1.47. The Balaban J connectivity index is 0.00000300. The number of guanidine groups is 1. The number of thiazole rings is 1. The predicted molar refractivity (Wildman–Crippen MR) is 118 cm³/mol. The van der Waals surface area contributed by atoms with E-state index in [-0.39, 0.29) is 43.1 Å². The van der Waals surface area contributed by atoms with Crippen LogP contribution in [0.15, 0.2) is 23.3 Å². The number of aliphatic imine (C=N–C) groups is 1. The van der Waals surface area contributed by atoms with E-state index in [0.29, 0.717) is 29.6 Å². The number of halogens is 3. The van der Waals surface area contributed by atoms with Gasteiger partial charge in [-0.05, 0) is 12.5 Å². The van der Waals surface area contributed by atoms with Crippen molar-refractivity contribution < 1.29 is 23.0 Å². The molecule has 2 aromatic rings. The summed E-state index contributed by atoms with van der Waals surface area (Å²) in [6.07, 6.45) is 3.65. The third-order valence-corrected chi connectivity index (χ3v) is 5.22. The minimum absolute atomic E-state index is 0. The van der Waals surface area contributed by atoms with Crippen LogP contribution in [0.4, 0.5) is 8.78 Å². The van der Waals surface area contributed by atoms with Crippen molar-refractivity contribution in [2.24, 2.45) is 4.99 Å². The van der Waals surface area contributed by atoms with Crippen LogP contribution < -0.4 is 24.8 Å². The van der Waals surface area contributed by atoms with Gasteiger partial charge < -0.3 is 24.8 Å². The third kappa shape index (κ3) is 6.56. The lowest BCUT2D eigenvalue weighted by atomic mass is 10.1. The van der Waals surface area contributed by atoms with Crippen molar-refractivity contribution in [1.29, 1.82) is 0 Å². The molecule has 0 bridgehead atoms. The highest BCUT2D eigenvalue weighted by atomic mass is 127. The number of nitrogens with one attached hydrogen (secondary N) is 2. The standard InChI is InChI=1S/C18H22F2N4O3S.HI/c1-3-12-9-23-16(28-12)4-5-22-18(21-2)24-8-11-6-14-15(26-10-25-14)7-13(11)27-17(19)20;/h6-7,9,17H,3-5,8,10H2,1-2H3,(H2,21,22,24);1H. The normalized spacial score (nSPS) is 12.7.